The molecule has 6 heteroatoms. The number of hydrogen-bond donors (Lipinski definition) is 2. The van der Waals surface area contributed by atoms with Crippen LogP contribution < -0.4 is 14.9 Å². The number of nitrogens with zero attached hydrogens (tertiary/aromatic N) is 1. The number of phenolic OH excluding ortho intramolecular Hbond substituents is 1. The molecule has 0 fully saturated rings. The van der Waals surface area contributed by atoms with Gasteiger partial charge in [-0.1, -0.05) is 32.0 Å². The van der Waals surface area contributed by atoms with Gasteiger partial charge in [0.2, 0.25) is 0 Å². The molecule has 6 nitrogen and oxygen atoms in total. The van der Waals surface area contributed by atoms with E-state index >= 15 is 0 Å². The van der Waals surface area contributed by atoms with Gasteiger partial charge in [0.15, 0.2) is 18.1 Å². The second kappa shape index (κ2) is 9.46. The molecule has 0 bridgehead atoms. The molecule has 0 radical (unpaired) electrons. The summed E-state index contributed by atoms with van der Waals surface area (Å²) in [4.78, 5) is 11.8. The molecule has 26 heavy (non-hydrogen) atoms. The van der Waals surface area contributed by atoms with Crippen molar-refractivity contribution in [3.63, 3.8) is 0 Å². The lowest BCUT2D eigenvalue weighted by molar-refractivity contribution is -0.123. The molecule has 0 aliphatic carbocycles. The predicted octanol–water partition coefficient (Wildman–Crippen LogP) is 3.44. The van der Waals surface area contributed by atoms with E-state index in [1.54, 1.807) is 18.2 Å². The summed E-state index contributed by atoms with van der Waals surface area (Å²) >= 11 is 0. The van der Waals surface area contributed by atoms with Crippen LogP contribution in [0.4, 0.5) is 0 Å². The lowest BCUT2D eigenvalue weighted by Gasteiger charge is -2.10. The van der Waals surface area contributed by atoms with Crippen molar-refractivity contribution in [2.24, 2.45) is 5.10 Å². The summed E-state index contributed by atoms with van der Waals surface area (Å²) in [6, 6.07) is 12.7. The van der Waals surface area contributed by atoms with E-state index in [0.717, 1.165) is 6.42 Å². The molecule has 0 saturated heterocycles. The van der Waals surface area contributed by atoms with Gasteiger partial charge in [-0.05, 0) is 42.2 Å². The van der Waals surface area contributed by atoms with Crippen LogP contribution in [-0.4, -0.2) is 30.9 Å². The Balaban J connectivity index is 1.84. The van der Waals surface area contributed by atoms with Gasteiger partial charge in [-0.25, -0.2) is 5.43 Å². The van der Waals surface area contributed by atoms with Gasteiger partial charge in [-0.2, -0.15) is 5.10 Å². The molecule has 2 aromatic carbocycles. The van der Waals surface area contributed by atoms with Crippen LogP contribution in [0.1, 0.15) is 37.3 Å². The fraction of sp³-hybridized carbons (Fsp3) is 0.300. The van der Waals surface area contributed by atoms with Gasteiger partial charge in [0.1, 0.15) is 5.75 Å². The smallest absolute Gasteiger partial charge is 0.277 e. The van der Waals surface area contributed by atoms with E-state index in [1.165, 1.54) is 18.9 Å². The number of methoxy groups -OCH3 is 1. The van der Waals surface area contributed by atoms with Crippen LogP contribution in [0.2, 0.25) is 0 Å². The van der Waals surface area contributed by atoms with Crippen molar-refractivity contribution in [3.8, 4) is 17.2 Å². The van der Waals surface area contributed by atoms with Crippen LogP contribution in [0.3, 0.4) is 0 Å². The van der Waals surface area contributed by atoms with Crippen LogP contribution in [0.25, 0.3) is 0 Å². The van der Waals surface area contributed by atoms with Crippen molar-refractivity contribution in [1.29, 1.82) is 0 Å². The number of phenols is 1. The highest BCUT2D eigenvalue weighted by Crippen LogP contribution is 2.27. The molecule has 1 unspecified atom stereocenters. The standard InChI is InChI=1S/C20H24N2O4/c1-4-14(2)15-8-10-17(11-9-15)26-13-19(23)22-21-12-16-6-5-7-18(25-3)20(16)24/h5-12,14,24H,4,13H2,1-3H3,(H,22,23)/b21-12+. The van der Waals surface area contributed by atoms with E-state index < -0.39 is 5.91 Å². The number of ether oxygens (including phenoxy) is 2. The normalized spacial score (nSPS) is 12.0. The van der Waals surface area contributed by atoms with Crippen LogP contribution in [0.15, 0.2) is 47.6 Å². The Morgan fingerprint density at radius 2 is 2.00 bits per heavy atom. The largest absolute Gasteiger partial charge is 0.504 e. The Hall–Kier alpha value is -3.02. The second-order valence-electron chi connectivity index (χ2n) is 5.86. The van der Waals surface area contributed by atoms with Crippen LogP contribution >= 0.6 is 0 Å². The molecule has 0 spiro atoms. The first-order chi connectivity index (χ1) is 12.5. The average Bonchev–Trinajstić information content (AvgIpc) is 2.67. The molecule has 2 N–H and O–H groups in total. The minimum atomic E-state index is -0.394. The Labute approximate surface area is 153 Å². The minimum absolute atomic E-state index is 0.0364. The molecule has 1 atom stereocenters. The molecule has 0 aliphatic heterocycles. The molecule has 0 saturated carbocycles. The molecular weight excluding hydrogens is 332 g/mol. The Bertz CT molecular complexity index is 757. The summed E-state index contributed by atoms with van der Waals surface area (Å²) in [5.41, 5.74) is 4.04. The second-order valence-corrected chi connectivity index (χ2v) is 5.86. The summed E-state index contributed by atoms with van der Waals surface area (Å²) in [6.07, 6.45) is 2.42. The molecule has 0 aromatic heterocycles. The third-order valence-electron chi connectivity index (χ3n) is 4.07. The fourth-order valence-corrected chi connectivity index (χ4v) is 2.29. The number of nitrogens with one attached hydrogen (secondary N) is 1. The molecule has 138 valence electrons. The number of hydrogen-bond acceptors (Lipinski definition) is 5. The van der Waals surface area contributed by atoms with Gasteiger partial charge in [-0.15, -0.1) is 0 Å². The molecule has 2 rings (SSSR count). The molecule has 1 amide bonds. The van der Waals surface area contributed by atoms with E-state index in [-0.39, 0.29) is 12.4 Å². The van der Waals surface area contributed by atoms with Gasteiger partial charge in [0.05, 0.1) is 13.3 Å². The number of aromatic hydroxyl groups is 1. The van der Waals surface area contributed by atoms with Gasteiger partial charge < -0.3 is 14.6 Å². The first kappa shape index (κ1) is 19.3. The van der Waals surface area contributed by atoms with Crippen LogP contribution in [0, 0.1) is 0 Å². The van der Waals surface area contributed by atoms with E-state index in [0.29, 0.717) is 23.0 Å². The summed E-state index contributed by atoms with van der Waals surface area (Å²) < 4.78 is 10.5. The van der Waals surface area contributed by atoms with E-state index in [2.05, 4.69) is 24.4 Å². The first-order valence-corrected chi connectivity index (χ1v) is 8.45. The highest BCUT2D eigenvalue weighted by atomic mass is 16.5. The monoisotopic (exact) mass is 356 g/mol. The number of carbonyl (C=O) groups is 1. The molecule has 0 aliphatic rings. The van der Waals surface area contributed by atoms with Crippen LogP contribution in [-0.2, 0) is 4.79 Å². The van der Waals surface area contributed by atoms with Gasteiger partial charge in [0.25, 0.3) is 5.91 Å². The maximum absolute atomic E-state index is 11.8. The molecule has 0 heterocycles. The van der Waals surface area contributed by atoms with Crippen molar-refractivity contribution in [3.05, 3.63) is 53.6 Å². The van der Waals surface area contributed by atoms with E-state index in [9.17, 15) is 9.90 Å². The fourth-order valence-electron chi connectivity index (χ4n) is 2.29. The maximum atomic E-state index is 11.8. The zero-order valence-electron chi connectivity index (χ0n) is 15.2. The third kappa shape index (κ3) is 5.24. The summed E-state index contributed by atoms with van der Waals surface area (Å²) in [5.74, 6) is 1.03. The number of amides is 1. The highest BCUT2D eigenvalue weighted by molar-refractivity contribution is 5.86. The van der Waals surface area contributed by atoms with Crippen molar-refractivity contribution >= 4 is 12.1 Å². The SMILES string of the molecule is CCC(C)c1ccc(OCC(=O)N/N=C/c2cccc(OC)c2O)cc1. The van der Waals surface area contributed by atoms with E-state index in [1.807, 2.05) is 24.3 Å². The third-order valence-corrected chi connectivity index (χ3v) is 4.07. The summed E-state index contributed by atoms with van der Waals surface area (Å²) in [6.45, 7) is 4.16. The van der Waals surface area contributed by atoms with Gasteiger partial charge >= 0.3 is 0 Å². The number of carbonyl (C=O) groups excluding carboxylic acids is 1. The van der Waals surface area contributed by atoms with Gasteiger partial charge in [0, 0.05) is 5.56 Å². The Morgan fingerprint density at radius 1 is 1.27 bits per heavy atom. The maximum Gasteiger partial charge on any atom is 0.277 e. The van der Waals surface area contributed by atoms with Crippen molar-refractivity contribution in [2.45, 2.75) is 26.2 Å². The molecule has 2 aromatic rings. The lowest BCUT2D eigenvalue weighted by Crippen LogP contribution is -2.24. The summed E-state index contributed by atoms with van der Waals surface area (Å²) in [7, 11) is 1.46. The lowest BCUT2D eigenvalue weighted by atomic mass is 9.99. The molecular formula is C20H24N2O4. The minimum Gasteiger partial charge on any atom is -0.504 e. The van der Waals surface area contributed by atoms with Crippen molar-refractivity contribution in [1.82, 2.24) is 5.43 Å². The first-order valence-electron chi connectivity index (χ1n) is 8.45. The predicted molar refractivity (Wildman–Crippen MR) is 101 cm³/mol. The van der Waals surface area contributed by atoms with Crippen molar-refractivity contribution in [2.75, 3.05) is 13.7 Å². The van der Waals surface area contributed by atoms with Crippen LogP contribution in [0.5, 0.6) is 17.2 Å². The van der Waals surface area contributed by atoms with Gasteiger partial charge in [-0.3, -0.25) is 4.79 Å². The zero-order valence-corrected chi connectivity index (χ0v) is 15.2. The van der Waals surface area contributed by atoms with E-state index in [4.69, 9.17) is 9.47 Å². The summed E-state index contributed by atoms with van der Waals surface area (Å²) in [5, 5.41) is 13.7. The highest BCUT2D eigenvalue weighted by Gasteiger charge is 2.06. The Kier molecular flexibility index (Phi) is 7.02. The van der Waals surface area contributed by atoms with Crippen molar-refractivity contribution < 1.29 is 19.4 Å². The Morgan fingerprint density at radius 3 is 2.65 bits per heavy atom. The zero-order chi connectivity index (χ0) is 18.9. The topological polar surface area (TPSA) is 80.2 Å². The average molecular weight is 356 g/mol. The number of rotatable bonds is 8. The number of benzene rings is 2. The number of hydrazone groups is 1. The quantitative estimate of drug-likeness (QED) is 0.561. The number of para-hydroxylation sites is 1.